The Labute approximate surface area is 89.7 Å². The summed E-state index contributed by atoms with van der Waals surface area (Å²) in [6.07, 6.45) is 9.90. The number of carbonyl (C=O) groups excluding carboxylic acids is 1. The van der Waals surface area contributed by atoms with Gasteiger partial charge in [-0.1, -0.05) is 31.2 Å². The van der Waals surface area contributed by atoms with Crippen molar-refractivity contribution in [2.45, 2.75) is 19.3 Å². The highest BCUT2D eigenvalue weighted by Crippen LogP contribution is 2.45. The van der Waals surface area contributed by atoms with Gasteiger partial charge in [0.2, 0.25) is 5.91 Å². The van der Waals surface area contributed by atoms with Crippen molar-refractivity contribution in [2.24, 2.45) is 17.8 Å². The van der Waals surface area contributed by atoms with Gasteiger partial charge in [-0.3, -0.25) is 4.79 Å². The van der Waals surface area contributed by atoms with E-state index in [1.807, 2.05) is 0 Å². The molecule has 1 aliphatic heterocycles. The average molecular weight is 201 g/mol. The van der Waals surface area contributed by atoms with Gasteiger partial charge in [-0.05, 0) is 24.3 Å². The highest BCUT2D eigenvalue weighted by atomic mass is 16.2. The summed E-state index contributed by atoms with van der Waals surface area (Å²) < 4.78 is 0. The number of piperidine rings is 1. The summed E-state index contributed by atoms with van der Waals surface area (Å²) in [5.41, 5.74) is 2.07. The van der Waals surface area contributed by atoms with E-state index in [-0.39, 0.29) is 11.8 Å². The van der Waals surface area contributed by atoms with Crippen LogP contribution in [0, 0.1) is 17.8 Å². The molecule has 2 fully saturated rings. The maximum Gasteiger partial charge on any atom is 0.228 e. The lowest BCUT2D eigenvalue weighted by molar-refractivity contribution is -0.128. The lowest BCUT2D eigenvalue weighted by Crippen LogP contribution is -2.46. The SMILES string of the molecule is C=C1NC(=O)C2CCCC3C=CC=C1C32. The van der Waals surface area contributed by atoms with Crippen LogP contribution in [0.25, 0.3) is 0 Å². The number of hydrogen-bond acceptors (Lipinski definition) is 1. The molecule has 0 spiro atoms. The molecule has 0 radical (unpaired) electrons. The Balaban J connectivity index is 2.05. The summed E-state index contributed by atoms with van der Waals surface area (Å²) in [5.74, 6) is 1.34. The predicted molar refractivity (Wildman–Crippen MR) is 58.8 cm³/mol. The van der Waals surface area contributed by atoms with Crippen LogP contribution in [0.15, 0.2) is 36.1 Å². The molecule has 0 bridgehead atoms. The monoisotopic (exact) mass is 201 g/mol. The van der Waals surface area contributed by atoms with Gasteiger partial charge in [-0.2, -0.15) is 0 Å². The smallest absolute Gasteiger partial charge is 0.228 e. The maximum atomic E-state index is 11.8. The van der Waals surface area contributed by atoms with Crippen molar-refractivity contribution >= 4 is 5.91 Å². The summed E-state index contributed by atoms with van der Waals surface area (Å²) in [4.78, 5) is 11.8. The summed E-state index contributed by atoms with van der Waals surface area (Å²) in [6, 6.07) is 0. The Hall–Kier alpha value is -1.31. The average Bonchev–Trinajstić information content (AvgIpc) is 2.25. The molecule has 15 heavy (non-hydrogen) atoms. The van der Waals surface area contributed by atoms with Crippen LogP contribution >= 0.6 is 0 Å². The molecular formula is C13H15NO. The van der Waals surface area contributed by atoms with E-state index >= 15 is 0 Å². The maximum absolute atomic E-state index is 11.8. The zero-order valence-corrected chi connectivity index (χ0v) is 8.70. The third kappa shape index (κ3) is 1.21. The normalized spacial score (nSPS) is 38.1. The van der Waals surface area contributed by atoms with E-state index in [9.17, 15) is 4.79 Å². The molecule has 3 atom stereocenters. The van der Waals surface area contributed by atoms with E-state index < -0.39 is 0 Å². The minimum absolute atomic E-state index is 0.183. The predicted octanol–water partition coefficient (Wildman–Crippen LogP) is 2.16. The molecule has 78 valence electrons. The minimum Gasteiger partial charge on any atom is -0.326 e. The summed E-state index contributed by atoms with van der Waals surface area (Å²) in [6.45, 7) is 3.94. The standard InChI is InChI=1S/C13H15NO/c1-8-10-6-2-4-9-5-3-7-11(12(9)10)13(15)14-8/h2,4,6,9,11-12H,1,3,5,7H2,(H,14,15). The second-order valence-corrected chi connectivity index (χ2v) is 4.70. The Morgan fingerprint density at radius 2 is 2.27 bits per heavy atom. The Kier molecular flexibility index (Phi) is 1.84. The molecular weight excluding hydrogens is 186 g/mol. The van der Waals surface area contributed by atoms with Crippen molar-refractivity contribution in [3.63, 3.8) is 0 Å². The van der Waals surface area contributed by atoms with Crippen LogP contribution in [0.2, 0.25) is 0 Å². The van der Waals surface area contributed by atoms with Crippen LogP contribution in [0.5, 0.6) is 0 Å². The molecule has 3 aliphatic rings. The van der Waals surface area contributed by atoms with E-state index in [1.54, 1.807) is 0 Å². The zero-order chi connectivity index (χ0) is 10.4. The summed E-state index contributed by atoms with van der Waals surface area (Å²) in [5, 5.41) is 2.90. The Morgan fingerprint density at radius 1 is 1.40 bits per heavy atom. The van der Waals surface area contributed by atoms with E-state index in [1.165, 1.54) is 18.4 Å². The van der Waals surface area contributed by atoms with Crippen LogP contribution in [0.1, 0.15) is 19.3 Å². The fraction of sp³-hybridized carbons (Fsp3) is 0.462. The van der Waals surface area contributed by atoms with Crippen molar-refractivity contribution in [1.82, 2.24) is 5.32 Å². The minimum atomic E-state index is 0.183. The first-order chi connectivity index (χ1) is 7.27. The quantitative estimate of drug-likeness (QED) is 0.639. The first kappa shape index (κ1) is 8.96. The Bertz CT molecular complexity index is 391. The molecule has 0 aromatic carbocycles. The number of nitrogens with one attached hydrogen (secondary N) is 1. The molecule has 0 aromatic rings. The second kappa shape index (κ2) is 3.09. The molecule has 0 aromatic heterocycles. The van der Waals surface area contributed by atoms with Crippen molar-refractivity contribution in [3.05, 3.63) is 36.1 Å². The van der Waals surface area contributed by atoms with E-state index in [4.69, 9.17) is 0 Å². The number of allylic oxidation sites excluding steroid dienone is 4. The van der Waals surface area contributed by atoms with Gasteiger partial charge in [-0.15, -0.1) is 0 Å². The fourth-order valence-electron chi connectivity index (χ4n) is 3.22. The fourth-order valence-corrected chi connectivity index (χ4v) is 3.22. The van der Waals surface area contributed by atoms with Gasteiger partial charge in [0.15, 0.2) is 0 Å². The molecule has 1 heterocycles. The molecule has 1 amide bonds. The van der Waals surface area contributed by atoms with Crippen molar-refractivity contribution in [2.75, 3.05) is 0 Å². The van der Waals surface area contributed by atoms with Gasteiger partial charge < -0.3 is 5.32 Å². The van der Waals surface area contributed by atoms with Gasteiger partial charge in [0.05, 0.1) is 0 Å². The van der Waals surface area contributed by atoms with Crippen molar-refractivity contribution in [1.29, 1.82) is 0 Å². The van der Waals surface area contributed by atoms with E-state index in [2.05, 4.69) is 30.1 Å². The van der Waals surface area contributed by atoms with Crippen LogP contribution in [-0.2, 0) is 4.79 Å². The molecule has 2 aliphatic carbocycles. The molecule has 2 heteroatoms. The Morgan fingerprint density at radius 3 is 3.13 bits per heavy atom. The number of amides is 1. The van der Waals surface area contributed by atoms with Crippen LogP contribution in [-0.4, -0.2) is 5.91 Å². The van der Waals surface area contributed by atoms with Crippen LogP contribution in [0.3, 0.4) is 0 Å². The third-order valence-corrected chi connectivity index (χ3v) is 3.90. The third-order valence-electron chi connectivity index (χ3n) is 3.90. The largest absolute Gasteiger partial charge is 0.326 e. The molecule has 1 N–H and O–H groups in total. The lowest BCUT2D eigenvalue weighted by atomic mass is 9.64. The first-order valence-electron chi connectivity index (χ1n) is 5.66. The van der Waals surface area contributed by atoms with Gasteiger partial charge in [0, 0.05) is 17.5 Å². The second-order valence-electron chi connectivity index (χ2n) is 4.70. The number of rotatable bonds is 0. The topological polar surface area (TPSA) is 29.1 Å². The van der Waals surface area contributed by atoms with Crippen molar-refractivity contribution < 1.29 is 4.79 Å². The van der Waals surface area contributed by atoms with Crippen LogP contribution < -0.4 is 5.32 Å². The van der Waals surface area contributed by atoms with Gasteiger partial charge in [0.1, 0.15) is 0 Å². The summed E-state index contributed by atoms with van der Waals surface area (Å²) >= 11 is 0. The molecule has 1 saturated heterocycles. The molecule has 2 nitrogen and oxygen atoms in total. The number of hydrogen-bond donors (Lipinski definition) is 1. The van der Waals surface area contributed by atoms with E-state index in [0.717, 1.165) is 12.1 Å². The molecule has 3 rings (SSSR count). The number of carbonyl (C=O) groups is 1. The highest BCUT2D eigenvalue weighted by molar-refractivity contribution is 5.84. The summed E-state index contributed by atoms with van der Waals surface area (Å²) in [7, 11) is 0. The van der Waals surface area contributed by atoms with Crippen molar-refractivity contribution in [3.8, 4) is 0 Å². The van der Waals surface area contributed by atoms with Gasteiger partial charge in [0.25, 0.3) is 0 Å². The van der Waals surface area contributed by atoms with Crippen LogP contribution in [0.4, 0.5) is 0 Å². The highest BCUT2D eigenvalue weighted by Gasteiger charge is 2.43. The lowest BCUT2D eigenvalue weighted by Gasteiger charge is -2.43. The molecule has 3 unspecified atom stereocenters. The van der Waals surface area contributed by atoms with Gasteiger partial charge in [-0.25, -0.2) is 0 Å². The van der Waals surface area contributed by atoms with E-state index in [0.29, 0.717) is 11.8 Å². The molecule has 1 saturated carbocycles. The zero-order valence-electron chi connectivity index (χ0n) is 8.70. The first-order valence-corrected chi connectivity index (χ1v) is 5.66. The van der Waals surface area contributed by atoms with Gasteiger partial charge >= 0.3 is 0 Å².